The van der Waals surface area contributed by atoms with Gasteiger partial charge in [0.05, 0.1) is 22.7 Å². The Balaban J connectivity index is 2.65. The molecule has 0 aliphatic carbocycles. The fourth-order valence-corrected chi connectivity index (χ4v) is 3.95. The number of sulfonamides is 1. The van der Waals surface area contributed by atoms with Gasteiger partial charge in [0.2, 0.25) is 10.0 Å². The number of benzene rings is 1. The molecule has 1 aromatic carbocycles. The summed E-state index contributed by atoms with van der Waals surface area (Å²) in [6.07, 6.45) is 0.870. The van der Waals surface area contributed by atoms with Gasteiger partial charge in [-0.25, -0.2) is 13.6 Å². The highest BCUT2D eigenvalue weighted by molar-refractivity contribution is 7.89. The molecule has 0 saturated carbocycles. The number of hydrogen-bond acceptors (Lipinski definition) is 5. The second-order valence-electron chi connectivity index (χ2n) is 10.3. The number of rotatable bonds is 6. The predicted molar refractivity (Wildman–Crippen MR) is 117 cm³/mol. The van der Waals surface area contributed by atoms with Gasteiger partial charge >= 0.3 is 7.12 Å². The van der Waals surface area contributed by atoms with Crippen molar-refractivity contribution in [2.75, 3.05) is 6.61 Å². The van der Waals surface area contributed by atoms with E-state index < -0.39 is 28.3 Å². The van der Waals surface area contributed by atoms with Crippen LogP contribution in [-0.4, -0.2) is 33.3 Å². The molecule has 2 N–H and O–H groups in total. The van der Waals surface area contributed by atoms with Gasteiger partial charge in [0.25, 0.3) is 0 Å². The van der Waals surface area contributed by atoms with E-state index in [4.69, 9.17) is 19.2 Å². The Morgan fingerprint density at radius 2 is 1.62 bits per heavy atom. The van der Waals surface area contributed by atoms with E-state index in [2.05, 4.69) is 13.8 Å². The Hall–Kier alpha value is -1.09. The SMILES string of the molecule is CC(C)CCOc1cc(C(C)(C)C)c(B2OC(C)(C)C(C)(C)O2)c(S(N)(=O)=O)c1. The van der Waals surface area contributed by atoms with Crippen molar-refractivity contribution < 1.29 is 22.5 Å². The maximum absolute atomic E-state index is 12.6. The van der Waals surface area contributed by atoms with Gasteiger partial charge in [-0.1, -0.05) is 34.6 Å². The first kappa shape index (κ1) is 24.2. The van der Waals surface area contributed by atoms with Gasteiger partial charge in [-0.3, -0.25) is 0 Å². The summed E-state index contributed by atoms with van der Waals surface area (Å²) in [7, 11) is -4.87. The Morgan fingerprint density at radius 1 is 1.10 bits per heavy atom. The van der Waals surface area contributed by atoms with Crippen LogP contribution in [0.25, 0.3) is 0 Å². The van der Waals surface area contributed by atoms with Crippen molar-refractivity contribution >= 4 is 22.6 Å². The Kier molecular flexibility index (Phi) is 6.57. The molecule has 1 aromatic rings. The molecule has 1 aliphatic heterocycles. The molecule has 0 spiro atoms. The molecule has 0 amide bonds. The maximum Gasteiger partial charge on any atom is 0.496 e. The zero-order valence-electron chi connectivity index (χ0n) is 19.3. The Labute approximate surface area is 176 Å². The molecule has 2 rings (SSSR count). The summed E-state index contributed by atoms with van der Waals surface area (Å²) in [6, 6.07) is 3.38. The summed E-state index contributed by atoms with van der Waals surface area (Å²) in [5.74, 6) is 0.971. The zero-order chi connectivity index (χ0) is 22.4. The first-order valence-corrected chi connectivity index (χ1v) is 11.7. The minimum Gasteiger partial charge on any atom is -0.494 e. The van der Waals surface area contributed by atoms with Crippen molar-refractivity contribution in [1.29, 1.82) is 0 Å². The molecule has 164 valence electrons. The van der Waals surface area contributed by atoms with Gasteiger partial charge in [-0.2, -0.15) is 0 Å². The van der Waals surface area contributed by atoms with Crippen LogP contribution in [-0.2, 0) is 24.7 Å². The molecular formula is C21H36BNO5S. The van der Waals surface area contributed by atoms with Crippen LogP contribution >= 0.6 is 0 Å². The lowest BCUT2D eigenvalue weighted by atomic mass is 9.69. The standard InChI is InChI=1S/C21H36BNO5S/c1-14(2)10-11-26-15-12-16(19(3,4)5)18(17(13-15)29(23,24)25)22-27-20(6,7)21(8,9)28-22/h12-14H,10-11H2,1-9H3,(H2,23,24,25). The molecule has 29 heavy (non-hydrogen) atoms. The fraction of sp³-hybridized carbons (Fsp3) is 0.714. The van der Waals surface area contributed by atoms with E-state index in [-0.39, 0.29) is 10.3 Å². The maximum atomic E-state index is 12.6. The van der Waals surface area contributed by atoms with Crippen LogP contribution in [0.5, 0.6) is 5.75 Å². The van der Waals surface area contributed by atoms with E-state index in [0.29, 0.717) is 23.7 Å². The average molecular weight is 425 g/mol. The summed E-state index contributed by atoms with van der Waals surface area (Å²) in [5.41, 5.74) is -0.350. The van der Waals surface area contributed by atoms with Crippen LogP contribution in [0.2, 0.25) is 0 Å². The van der Waals surface area contributed by atoms with Crippen molar-refractivity contribution in [1.82, 2.24) is 0 Å². The van der Waals surface area contributed by atoms with E-state index in [1.54, 1.807) is 0 Å². The number of nitrogens with two attached hydrogens (primary N) is 1. The first-order chi connectivity index (χ1) is 13.0. The lowest BCUT2D eigenvalue weighted by Crippen LogP contribution is -2.43. The van der Waals surface area contributed by atoms with Gasteiger partial charge < -0.3 is 14.0 Å². The lowest BCUT2D eigenvalue weighted by Gasteiger charge is -2.32. The molecular weight excluding hydrogens is 389 g/mol. The van der Waals surface area contributed by atoms with E-state index in [1.807, 2.05) is 54.5 Å². The monoisotopic (exact) mass is 425 g/mol. The van der Waals surface area contributed by atoms with E-state index in [9.17, 15) is 8.42 Å². The molecule has 0 atom stereocenters. The van der Waals surface area contributed by atoms with Crippen molar-refractivity contribution in [2.24, 2.45) is 11.1 Å². The Morgan fingerprint density at radius 3 is 2.03 bits per heavy atom. The second kappa shape index (κ2) is 7.87. The predicted octanol–water partition coefficient (Wildman–Crippen LogP) is 3.36. The van der Waals surface area contributed by atoms with Crippen LogP contribution in [0.15, 0.2) is 17.0 Å². The topological polar surface area (TPSA) is 87.8 Å². The fourth-order valence-electron chi connectivity index (χ4n) is 3.16. The van der Waals surface area contributed by atoms with Crippen LogP contribution in [0.1, 0.15) is 74.3 Å². The third kappa shape index (κ3) is 5.34. The highest BCUT2D eigenvalue weighted by atomic mass is 32.2. The Bertz CT molecular complexity index is 841. The summed E-state index contributed by atoms with van der Waals surface area (Å²) >= 11 is 0. The van der Waals surface area contributed by atoms with Crippen molar-refractivity contribution in [3.63, 3.8) is 0 Å². The number of hydrogen-bond donors (Lipinski definition) is 1. The van der Waals surface area contributed by atoms with Gasteiger partial charge in [-0.05, 0) is 63.1 Å². The third-order valence-electron chi connectivity index (χ3n) is 5.68. The van der Waals surface area contributed by atoms with E-state index in [1.165, 1.54) is 6.07 Å². The largest absolute Gasteiger partial charge is 0.496 e. The summed E-state index contributed by atoms with van der Waals surface area (Å²) in [4.78, 5) is -0.0111. The van der Waals surface area contributed by atoms with Crippen molar-refractivity contribution in [3.05, 3.63) is 17.7 Å². The minimum absolute atomic E-state index is 0.0111. The van der Waals surface area contributed by atoms with Gasteiger partial charge in [0.1, 0.15) is 5.75 Å². The summed E-state index contributed by atoms with van der Waals surface area (Å²) in [6.45, 7) is 18.5. The molecule has 0 bridgehead atoms. The highest BCUT2D eigenvalue weighted by Gasteiger charge is 2.54. The highest BCUT2D eigenvalue weighted by Crippen LogP contribution is 2.39. The number of primary sulfonamides is 1. The molecule has 0 radical (unpaired) electrons. The zero-order valence-corrected chi connectivity index (χ0v) is 20.1. The molecule has 6 nitrogen and oxygen atoms in total. The molecule has 1 saturated heterocycles. The van der Waals surface area contributed by atoms with E-state index in [0.717, 1.165) is 12.0 Å². The van der Waals surface area contributed by atoms with Crippen LogP contribution in [0, 0.1) is 5.92 Å². The molecule has 1 heterocycles. The molecule has 0 unspecified atom stereocenters. The average Bonchev–Trinajstić information content (AvgIpc) is 2.72. The summed E-state index contributed by atoms with van der Waals surface area (Å²) < 4.78 is 43.4. The van der Waals surface area contributed by atoms with Crippen LogP contribution < -0.4 is 15.3 Å². The first-order valence-electron chi connectivity index (χ1n) is 10.2. The van der Waals surface area contributed by atoms with E-state index >= 15 is 0 Å². The third-order valence-corrected chi connectivity index (χ3v) is 6.63. The van der Waals surface area contributed by atoms with Gasteiger partial charge in [0, 0.05) is 5.46 Å². The lowest BCUT2D eigenvalue weighted by molar-refractivity contribution is 0.00578. The second-order valence-corrected chi connectivity index (χ2v) is 11.8. The smallest absolute Gasteiger partial charge is 0.494 e. The number of ether oxygens (including phenoxy) is 1. The van der Waals surface area contributed by atoms with Crippen LogP contribution in [0.4, 0.5) is 0 Å². The quantitative estimate of drug-likeness (QED) is 0.707. The van der Waals surface area contributed by atoms with Crippen LogP contribution in [0.3, 0.4) is 0 Å². The normalized spacial score (nSPS) is 19.1. The van der Waals surface area contributed by atoms with Crippen molar-refractivity contribution in [2.45, 2.75) is 90.2 Å². The molecule has 1 fully saturated rings. The molecule has 1 aliphatic rings. The minimum atomic E-state index is -4.03. The summed E-state index contributed by atoms with van der Waals surface area (Å²) in [5, 5.41) is 5.62. The molecule has 0 aromatic heterocycles. The van der Waals surface area contributed by atoms with Gasteiger partial charge in [0.15, 0.2) is 0 Å². The van der Waals surface area contributed by atoms with Crippen molar-refractivity contribution in [3.8, 4) is 5.75 Å². The van der Waals surface area contributed by atoms with Gasteiger partial charge in [-0.15, -0.1) is 0 Å². The molecule has 8 heteroatoms.